The van der Waals surface area contributed by atoms with Gasteiger partial charge in [0.1, 0.15) is 5.69 Å². The first-order valence-electron chi connectivity index (χ1n) is 5.48. The van der Waals surface area contributed by atoms with Crippen molar-refractivity contribution in [2.24, 2.45) is 7.05 Å². The summed E-state index contributed by atoms with van der Waals surface area (Å²) in [5, 5.41) is 7.11. The van der Waals surface area contributed by atoms with Crippen LogP contribution >= 0.6 is 23.2 Å². The Hall–Kier alpha value is -2.16. The van der Waals surface area contributed by atoms with Gasteiger partial charge in [-0.05, 0) is 12.1 Å². The summed E-state index contributed by atoms with van der Waals surface area (Å²) in [6, 6.07) is 3.01. The number of nitrogen functional groups attached to an aromatic ring is 1. The SMILES string of the molecule is C#Cc1cnn(C)c1C(=O)Nc1cc(Cl)c(N)c(Cl)c1. The highest BCUT2D eigenvalue weighted by molar-refractivity contribution is 6.39. The number of carbonyl (C=O) groups is 1. The molecular weight excluding hydrogens is 299 g/mol. The molecule has 0 aliphatic heterocycles. The Balaban J connectivity index is 2.33. The molecular formula is C13H10Cl2N4O. The molecule has 1 amide bonds. The number of anilines is 2. The average molecular weight is 309 g/mol. The molecule has 1 heterocycles. The van der Waals surface area contributed by atoms with Crippen LogP contribution in [-0.2, 0) is 7.05 Å². The maximum absolute atomic E-state index is 12.2. The first-order chi connectivity index (χ1) is 9.43. The van der Waals surface area contributed by atoms with Crippen LogP contribution in [0.4, 0.5) is 11.4 Å². The Morgan fingerprint density at radius 1 is 1.45 bits per heavy atom. The molecule has 1 aromatic carbocycles. The van der Waals surface area contributed by atoms with Crippen molar-refractivity contribution in [2.75, 3.05) is 11.1 Å². The maximum Gasteiger partial charge on any atom is 0.275 e. The minimum Gasteiger partial charge on any atom is -0.396 e. The predicted octanol–water partition coefficient (Wildman–Crippen LogP) is 2.54. The minimum atomic E-state index is -0.408. The van der Waals surface area contributed by atoms with Gasteiger partial charge in [0.25, 0.3) is 5.91 Å². The summed E-state index contributed by atoms with van der Waals surface area (Å²) in [5.41, 5.74) is 6.98. The fraction of sp³-hybridized carbons (Fsp3) is 0.0769. The van der Waals surface area contributed by atoms with Crippen molar-refractivity contribution in [1.29, 1.82) is 0 Å². The summed E-state index contributed by atoms with van der Waals surface area (Å²) in [6.07, 6.45) is 6.76. The van der Waals surface area contributed by atoms with Crippen molar-refractivity contribution < 1.29 is 4.79 Å². The van der Waals surface area contributed by atoms with E-state index >= 15 is 0 Å². The summed E-state index contributed by atoms with van der Waals surface area (Å²) >= 11 is 11.8. The molecule has 102 valence electrons. The number of nitrogens with zero attached hydrogens (tertiary/aromatic N) is 2. The number of terminal acetylenes is 1. The highest BCUT2D eigenvalue weighted by atomic mass is 35.5. The Morgan fingerprint density at radius 3 is 2.60 bits per heavy atom. The lowest BCUT2D eigenvalue weighted by Crippen LogP contribution is -2.17. The molecule has 0 unspecified atom stereocenters. The molecule has 0 aliphatic carbocycles. The highest BCUT2D eigenvalue weighted by Gasteiger charge is 2.16. The second kappa shape index (κ2) is 5.45. The Kier molecular flexibility index (Phi) is 3.89. The second-order valence-corrected chi connectivity index (χ2v) is 4.80. The minimum absolute atomic E-state index is 0.259. The Morgan fingerprint density at radius 2 is 2.05 bits per heavy atom. The van der Waals surface area contributed by atoms with Crippen LogP contribution in [0.25, 0.3) is 0 Å². The smallest absolute Gasteiger partial charge is 0.275 e. The van der Waals surface area contributed by atoms with Crippen LogP contribution in [0.5, 0.6) is 0 Å². The van der Waals surface area contributed by atoms with Crippen LogP contribution in [0.2, 0.25) is 10.0 Å². The van der Waals surface area contributed by atoms with E-state index < -0.39 is 5.91 Å². The molecule has 0 saturated heterocycles. The molecule has 2 aromatic rings. The lowest BCUT2D eigenvalue weighted by molar-refractivity contribution is 0.101. The van der Waals surface area contributed by atoms with Crippen LogP contribution in [-0.4, -0.2) is 15.7 Å². The zero-order chi connectivity index (χ0) is 14.9. The Bertz CT molecular complexity index is 707. The maximum atomic E-state index is 12.2. The predicted molar refractivity (Wildman–Crippen MR) is 80.0 cm³/mol. The van der Waals surface area contributed by atoms with E-state index in [0.29, 0.717) is 11.3 Å². The van der Waals surface area contributed by atoms with Crippen LogP contribution in [0, 0.1) is 12.3 Å². The molecule has 20 heavy (non-hydrogen) atoms. The zero-order valence-electron chi connectivity index (χ0n) is 10.4. The lowest BCUT2D eigenvalue weighted by atomic mass is 10.2. The van der Waals surface area contributed by atoms with Crippen LogP contribution < -0.4 is 11.1 Å². The van der Waals surface area contributed by atoms with Gasteiger partial charge in [0.15, 0.2) is 0 Å². The van der Waals surface area contributed by atoms with Crippen LogP contribution in [0.15, 0.2) is 18.3 Å². The standard InChI is InChI=1S/C13H10Cl2N4O/c1-3-7-6-17-19(2)12(7)13(20)18-8-4-9(14)11(16)10(15)5-8/h1,4-6H,16H2,2H3,(H,18,20). The molecule has 0 radical (unpaired) electrons. The van der Waals surface area contributed by atoms with Crippen LogP contribution in [0.1, 0.15) is 16.1 Å². The van der Waals surface area contributed by atoms with Crippen molar-refractivity contribution in [2.45, 2.75) is 0 Å². The molecule has 0 atom stereocenters. The van der Waals surface area contributed by atoms with Gasteiger partial charge in [0, 0.05) is 12.7 Å². The summed E-state index contributed by atoms with van der Waals surface area (Å²) < 4.78 is 1.39. The number of benzene rings is 1. The van der Waals surface area contributed by atoms with E-state index in [1.807, 2.05) is 0 Å². The number of aryl methyl sites for hydroxylation is 1. The van der Waals surface area contributed by atoms with E-state index in [-0.39, 0.29) is 21.4 Å². The summed E-state index contributed by atoms with van der Waals surface area (Å²) in [7, 11) is 1.62. The third-order valence-corrected chi connectivity index (χ3v) is 3.27. The third-order valence-electron chi connectivity index (χ3n) is 2.65. The molecule has 0 bridgehead atoms. The topological polar surface area (TPSA) is 72.9 Å². The fourth-order valence-electron chi connectivity index (χ4n) is 1.66. The number of nitrogens with two attached hydrogens (primary N) is 1. The molecule has 5 nitrogen and oxygen atoms in total. The summed E-state index contributed by atoms with van der Waals surface area (Å²) in [4.78, 5) is 12.2. The van der Waals surface area contributed by atoms with Crippen molar-refractivity contribution in [3.63, 3.8) is 0 Å². The molecule has 2 rings (SSSR count). The molecule has 0 fully saturated rings. The monoisotopic (exact) mass is 308 g/mol. The quantitative estimate of drug-likeness (QED) is 0.661. The normalized spacial score (nSPS) is 10.1. The number of nitrogens with one attached hydrogen (secondary N) is 1. The number of hydrogen-bond acceptors (Lipinski definition) is 3. The van der Waals surface area contributed by atoms with Gasteiger partial charge < -0.3 is 11.1 Å². The van der Waals surface area contributed by atoms with E-state index in [1.165, 1.54) is 23.0 Å². The van der Waals surface area contributed by atoms with Gasteiger partial charge in [-0.1, -0.05) is 29.1 Å². The van der Waals surface area contributed by atoms with Gasteiger partial charge in [0.2, 0.25) is 0 Å². The third kappa shape index (κ3) is 2.57. The van der Waals surface area contributed by atoms with Crippen molar-refractivity contribution >= 4 is 40.5 Å². The number of halogens is 2. The van der Waals surface area contributed by atoms with E-state index in [1.54, 1.807) is 7.05 Å². The fourth-order valence-corrected chi connectivity index (χ4v) is 2.15. The number of rotatable bonds is 2. The van der Waals surface area contributed by atoms with Gasteiger partial charge in [-0.3, -0.25) is 9.48 Å². The molecule has 0 aliphatic rings. The molecule has 3 N–H and O–H groups in total. The van der Waals surface area contributed by atoms with Crippen molar-refractivity contribution in [1.82, 2.24) is 9.78 Å². The second-order valence-electron chi connectivity index (χ2n) is 3.98. The largest absolute Gasteiger partial charge is 0.396 e. The van der Waals surface area contributed by atoms with Crippen molar-refractivity contribution in [3.05, 3.63) is 39.6 Å². The van der Waals surface area contributed by atoms with Gasteiger partial charge in [0.05, 0.1) is 27.5 Å². The van der Waals surface area contributed by atoms with Gasteiger partial charge in [-0.2, -0.15) is 5.10 Å². The average Bonchev–Trinajstić information content (AvgIpc) is 2.77. The zero-order valence-corrected chi connectivity index (χ0v) is 12.0. The first kappa shape index (κ1) is 14.3. The number of aromatic nitrogens is 2. The van der Waals surface area contributed by atoms with Crippen LogP contribution in [0.3, 0.4) is 0 Å². The lowest BCUT2D eigenvalue weighted by Gasteiger charge is -2.09. The summed E-state index contributed by atoms with van der Waals surface area (Å²) in [6.45, 7) is 0. The van der Waals surface area contributed by atoms with E-state index in [2.05, 4.69) is 16.3 Å². The molecule has 0 spiro atoms. The van der Waals surface area contributed by atoms with E-state index in [0.717, 1.165) is 0 Å². The summed E-state index contributed by atoms with van der Waals surface area (Å²) in [5.74, 6) is 1.99. The highest BCUT2D eigenvalue weighted by Crippen LogP contribution is 2.31. The van der Waals surface area contributed by atoms with E-state index in [9.17, 15) is 4.79 Å². The molecule has 7 heteroatoms. The number of carbonyl (C=O) groups excluding carboxylic acids is 1. The first-order valence-corrected chi connectivity index (χ1v) is 6.24. The van der Waals surface area contributed by atoms with E-state index in [4.69, 9.17) is 35.4 Å². The van der Waals surface area contributed by atoms with Gasteiger partial charge >= 0.3 is 0 Å². The van der Waals surface area contributed by atoms with Gasteiger partial charge in [-0.25, -0.2) is 0 Å². The Labute approximate surface area is 125 Å². The molecule has 0 saturated carbocycles. The van der Waals surface area contributed by atoms with Gasteiger partial charge in [-0.15, -0.1) is 6.42 Å². The number of amides is 1. The number of hydrogen-bond donors (Lipinski definition) is 2. The molecule has 1 aromatic heterocycles. The van der Waals surface area contributed by atoms with Crippen molar-refractivity contribution in [3.8, 4) is 12.3 Å².